The summed E-state index contributed by atoms with van der Waals surface area (Å²) in [7, 11) is 0. The lowest BCUT2D eigenvalue weighted by molar-refractivity contribution is 0.281. The molecule has 0 atom stereocenters. The molecule has 1 aliphatic rings. The maximum absolute atomic E-state index is 14.6. The molecule has 0 bridgehead atoms. The first-order chi connectivity index (χ1) is 15.5. The molecule has 3 aromatic heterocycles. The zero-order valence-corrected chi connectivity index (χ0v) is 18.3. The maximum atomic E-state index is 14.6. The molecule has 0 saturated carbocycles. The van der Waals surface area contributed by atoms with Gasteiger partial charge in [-0.15, -0.1) is 5.10 Å². The van der Waals surface area contributed by atoms with Crippen LogP contribution in [0.3, 0.4) is 0 Å². The van der Waals surface area contributed by atoms with Crippen molar-refractivity contribution in [3.05, 3.63) is 52.5 Å². The second kappa shape index (κ2) is 8.36. The second-order valence-electron chi connectivity index (χ2n) is 7.78. The van der Waals surface area contributed by atoms with Crippen LogP contribution in [0, 0.1) is 12.7 Å². The third kappa shape index (κ3) is 3.87. The molecule has 0 radical (unpaired) electrons. The van der Waals surface area contributed by atoms with E-state index in [1.54, 1.807) is 37.5 Å². The van der Waals surface area contributed by atoms with Crippen molar-refractivity contribution in [2.75, 3.05) is 36.8 Å². The van der Waals surface area contributed by atoms with Crippen molar-refractivity contribution in [2.24, 2.45) is 0 Å². The molecule has 0 unspecified atom stereocenters. The molecule has 5 rings (SSSR count). The number of anilines is 2. The van der Waals surface area contributed by atoms with Gasteiger partial charge in [-0.3, -0.25) is 4.90 Å². The van der Waals surface area contributed by atoms with E-state index in [0.717, 1.165) is 19.5 Å². The van der Waals surface area contributed by atoms with Crippen LogP contribution in [0.25, 0.3) is 17.4 Å². The standard InChI is InChI=1S/C21H22ClFN8O/c1-13-5-6-15(22)14(17(13)23)12-29-7-3-8-30(10-9-29)20-26-19(24)31-21(27-20)25-18(28-31)16-4-2-11-32-16/h2,4-6,11H,3,7-10,12H2,1H3,(H2,24,25,26,27,28). The molecule has 1 saturated heterocycles. The maximum Gasteiger partial charge on any atom is 0.259 e. The van der Waals surface area contributed by atoms with Crippen molar-refractivity contribution in [3.63, 3.8) is 0 Å². The first kappa shape index (κ1) is 20.7. The summed E-state index contributed by atoms with van der Waals surface area (Å²) in [6.07, 6.45) is 2.42. The number of furan rings is 1. The number of nitrogens with two attached hydrogens (primary N) is 1. The molecule has 1 fully saturated rings. The highest BCUT2D eigenvalue weighted by molar-refractivity contribution is 6.31. The van der Waals surface area contributed by atoms with Crippen molar-refractivity contribution < 1.29 is 8.81 Å². The Balaban J connectivity index is 1.35. The number of nitrogen functional groups attached to an aromatic ring is 1. The molecule has 32 heavy (non-hydrogen) atoms. The molecule has 9 nitrogen and oxygen atoms in total. The molecule has 1 aromatic carbocycles. The minimum Gasteiger partial charge on any atom is -0.461 e. The first-order valence-electron chi connectivity index (χ1n) is 10.3. The number of rotatable bonds is 4. The van der Waals surface area contributed by atoms with Crippen molar-refractivity contribution in [1.29, 1.82) is 0 Å². The van der Waals surface area contributed by atoms with E-state index in [1.165, 1.54) is 4.52 Å². The Labute approximate surface area is 188 Å². The predicted octanol–water partition coefficient (Wildman–Crippen LogP) is 3.17. The molecule has 2 N–H and O–H groups in total. The van der Waals surface area contributed by atoms with E-state index in [-0.39, 0.29) is 11.8 Å². The topological polar surface area (TPSA) is 102 Å². The summed E-state index contributed by atoms with van der Waals surface area (Å²) < 4.78 is 21.3. The Kier molecular flexibility index (Phi) is 5.40. The van der Waals surface area contributed by atoms with Gasteiger partial charge in [0.2, 0.25) is 17.7 Å². The second-order valence-corrected chi connectivity index (χ2v) is 8.19. The molecule has 4 heterocycles. The number of nitrogens with zero attached hydrogens (tertiary/aromatic N) is 7. The van der Waals surface area contributed by atoms with Crippen LogP contribution in [-0.2, 0) is 6.54 Å². The molecular weight excluding hydrogens is 435 g/mol. The van der Waals surface area contributed by atoms with Crippen LogP contribution in [0.5, 0.6) is 0 Å². The first-order valence-corrected chi connectivity index (χ1v) is 10.7. The van der Waals surface area contributed by atoms with E-state index in [4.69, 9.17) is 21.8 Å². The Morgan fingerprint density at radius 3 is 2.81 bits per heavy atom. The van der Waals surface area contributed by atoms with Crippen molar-refractivity contribution in [3.8, 4) is 11.6 Å². The summed E-state index contributed by atoms with van der Waals surface area (Å²) in [4.78, 5) is 17.7. The third-order valence-corrected chi connectivity index (χ3v) is 5.95. The normalized spacial score (nSPS) is 15.4. The average Bonchev–Trinajstić information content (AvgIpc) is 3.40. The summed E-state index contributed by atoms with van der Waals surface area (Å²) in [6.45, 7) is 5.14. The number of hydrogen-bond acceptors (Lipinski definition) is 8. The van der Waals surface area contributed by atoms with E-state index in [2.05, 4.69) is 29.9 Å². The molecule has 1 aliphatic heterocycles. The van der Waals surface area contributed by atoms with Gasteiger partial charge in [0.25, 0.3) is 5.78 Å². The Morgan fingerprint density at radius 2 is 2.00 bits per heavy atom. The lowest BCUT2D eigenvalue weighted by atomic mass is 10.1. The van der Waals surface area contributed by atoms with Gasteiger partial charge in [-0.25, -0.2) is 4.39 Å². The summed E-state index contributed by atoms with van der Waals surface area (Å²) in [6, 6.07) is 6.98. The van der Waals surface area contributed by atoms with E-state index >= 15 is 0 Å². The van der Waals surface area contributed by atoms with Gasteiger partial charge < -0.3 is 15.1 Å². The molecule has 0 aliphatic carbocycles. The number of aryl methyl sites for hydroxylation is 1. The summed E-state index contributed by atoms with van der Waals surface area (Å²) >= 11 is 6.27. The van der Waals surface area contributed by atoms with Gasteiger partial charge in [0.05, 0.1) is 6.26 Å². The van der Waals surface area contributed by atoms with E-state index in [1.807, 2.05) is 0 Å². The zero-order valence-electron chi connectivity index (χ0n) is 17.5. The van der Waals surface area contributed by atoms with E-state index in [0.29, 0.717) is 59.1 Å². The SMILES string of the molecule is Cc1ccc(Cl)c(CN2CCCN(c3nc(N)n4nc(-c5ccco5)nc4n3)CC2)c1F. The molecule has 166 valence electrons. The van der Waals surface area contributed by atoms with E-state index < -0.39 is 0 Å². The van der Waals surface area contributed by atoms with Crippen LogP contribution < -0.4 is 10.6 Å². The van der Waals surface area contributed by atoms with Gasteiger partial charge in [0, 0.05) is 43.3 Å². The van der Waals surface area contributed by atoms with Gasteiger partial charge in [-0.1, -0.05) is 17.7 Å². The number of hydrogen-bond donors (Lipinski definition) is 1. The predicted molar refractivity (Wildman–Crippen MR) is 119 cm³/mol. The number of aromatic nitrogens is 5. The number of fused-ring (bicyclic) bond motifs is 1. The Bertz CT molecular complexity index is 1260. The van der Waals surface area contributed by atoms with Crippen LogP contribution in [0.1, 0.15) is 17.5 Å². The van der Waals surface area contributed by atoms with Crippen LogP contribution in [-0.4, -0.2) is 55.6 Å². The van der Waals surface area contributed by atoms with Gasteiger partial charge in [-0.05, 0) is 37.1 Å². The van der Waals surface area contributed by atoms with Crippen LogP contribution in [0.2, 0.25) is 5.02 Å². The largest absolute Gasteiger partial charge is 0.461 e. The third-order valence-electron chi connectivity index (χ3n) is 5.60. The highest BCUT2D eigenvalue weighted by Gasteiger charge is 2.22. The van der Waals surface area contributed by atoms with Gasteiger partial charge in [0.1, 0.15) is 5.82 Å². The fraction of sp³-hybridized carbons (Fsp3) is 0.333. The van der Waals surface area contributed by atoms with Crippen LogP contribution >= 0.6 is 11.6 Å². The molecule has 11 heteroatoms. The quantitative estimate of drug-likeness (QED) is 0.499. The van der Waals surface area contributed by atoms with Crippen LogP contribution in [0.15, 0.2) is 34.9 Å². The minimum absolute atomic E-state index is 0.199. The lowest BCUT2D eigenvalue weighted by Crippen LogP contribution is -2.32. The Morgan fingerprint density at radius 1 is 1.12 bits per heavy atom. The van der Waals surface area contributed by atoms with E-state index in [9.17, 15) is 4.39 Å². The van der Waals surface area contributed by atoms with Crippen molar-refractivity contribution >= 4 is 29.3 Å². The van der Waals surface area contributed by atoms with Crippen molar-refractivity contribution in [1.82, 2.24) is 29.5 Å². The fourth-order valence-electron chi connectivity index (χ4n) is 3.86. The van der Waals surface area contributed by atoms with Crippen molar-refractivity contribution in [2.45, 2.75) is 19.9 Å². The highest BCUT2D eigenvalue weighted by atomic mass is 35.5. The smallest absolute Gasteiger partial charge is 0.259 e. The number of halogens is 2. The Hall–Kier alpha value is -3.24. The fourth-order valence-corrected chi connectivity index (χ4v) is 4.06. The highest BCUT2D eigenvalue weighted by Crippen LogP contribution is 2.25. The monoisotopic (exact) mass is 456 g/mol. The molecule has 0 amide bonds. The van der Waals surface area contributed by atoms with Gasteiger partial charge in [0.15, 0.2) is 5.76 Å². The van der Waals surface area contributed by atoms with Crippen LogP contribution in [0.4, 0.5) is 16.3 Å². The van der Waals surface area contributed by atoms with Gasteiger partial charge >= 0.3 is 0 Å². The average molecular weight is 457 g/mol. The lowest BCUT2D eigenvalue weighted by Gasteiger charge is -2.22. The minimum atomic E-state index is -0.237. The molecular formula is C21H22ClFN8O. The zero-order chi connectivity index (χ0) is 22.2. The summed E-state index contributed by atoms with van der Waals surface area (Å²) in [5.74, 6) is 1.74. The summed E-state index contributed by atoms with van der Waals surface area (Å²) in [5.41, 5.74) is 7.27. The molecule has 0 spiro atoms. The molecule has 4 aromatic rings. The van der Waals surface area contributed by atoms with Gasteiger partial charge in [-0.2, -0.15) is 19.5 Å². The number of benzene rings is 1. The summed E-state index contributed by atoms with van der Waals surface area (Å²) in [5, 5.41) is 4.78.